The van der Waals surface area contributed by atoms with Crippen LogP contribution >= 0.6 is 0 Å². The van der Waals surface area contributed by atoms with E-state index in [1.54, 1.807) is 28.0 Å². The molecule has 1 fully saturated rings. The summed E-state index contributed by atoms with van der Waals surface area (Å²) in [6.07, 6.45) is 5.86. The van der Waals surface area contributed by atoms with Gasteiger partial charge >= 0.3 is 0 Å². The Morgan fingerprint density at radius 2 is 1.81 bits per heavy atom. The number of likely N-dealkylation sites (tertiary alicyclic amines) is 1. The first kappa shape index (κ1) is 23.3. The molecule has 182 valence electrons. The number of amides is 2. The Hall–Kier alpha value is -4.46. The Balaban J connectivity index is 1.23. The zero-order valence-electron chi connectivity index (χ0n) is 20.3. The van der Waals surface area contributed by atoms with Crippen molar-refractivity contribution >= 4 is 17.6 Å². The highest BCUT2D eigenvalue weighted by atomic mass is 16.2. The molecule has 1 saturated heterocycles. The standard InChI is InChI=1S/C28H28N6O2/c1-18-4-3-5-21(12-18)19-6-8-20(9-7-19)28(36)34-11-10-24(17-34)32-27(35)25-13-22(14-30-26(25)29)23-15-31-33(2)16-23/h3-9,12-16,24H,10-11,17H2,1-2H3,(H2,29,30)(H,32,35)/t24-/m1/s1. The van der Waals surface area contributed by atoms with Crippen LogP contribution in [0.1, 0.15) is 32.7 Å². The summed E-state index contributed by atoms with van der Waals surface area (Å²) in [5.74, 6) is -0.172. The van der Waals surface area contributed by atoms with Crippen LogP contribution in [0.5, 0.6) is 0 Å². The minimum Gasteiger partial charge on any atom is -0.383 e. The normalized spacial score (nSPS) is 15.2. The molecule has 0 unspecified atom stereocenters. The maximum Gasteiger partial charge on any atom is 0.255 e. The molecule has 5 rings (SSSR count). The Bertz CT molecular complexity index is 1430. The number of rotatable bonds is 5. The van der Waals surface area contributed by atoms with Crippen molar-refractivity contribution in [2.75, 3.05) is 18.8 Å². The number of aromatic nitrogens is 3. The summed E-state index contributed by atoms with van der Waals surface area (Å²) in [6, 6.07) is 17.5. The average molecular weight is 481 g/mol. The molecule has 0 bridgehead atoms. The molecule has 4 aromatic rings. The molecule has 2 amide bonds. The first-order valence-electron chi connectivity index (χ1n) is 11.9. The topological polar surface area (TPSA) is 106 Å². The Morgan fingerprint density at radius 1 is 1.00 bits per heavy atom. The van der Waals surface area contributed by atoms with E-state index >= 15 is 0 Å². The largest absolute Gasteiger partial charge is 0.383 e. The lowest BCUT2D eigenvalue weighted by Gasteiger charge is -2.18. The Morgan fingerprint density at radius 3 is 2.53 bits per heavy atom. The fourth-order valence-electron chi connectivity index (χ4n) is 4.52. The van der Waals surface area contributed by atoms with E-state index in [-0.39, 0.29) is 23.7 Å². The van der Waals surface area contributed by atoms with E-state index in [1.807, 2.05) is 43.6 Å². The third-order valence-corrected chi connectivity index (χ3v) is 6.50. The van der Waals surface area contributed by atoms with Gasteiger partial charge in [-0.2, -0.15) is 5.10 Å². The number of nitrogens with two attached hydrogens (primary N) is 1. The minimum absolute atomic E-state index is 0.0395. The number of hydrogen-bond acceptors (Lipinski definition) is 5. The minimum atomic E-state index is -0.299. The molecule has 36 heavy (non-hydrogen) atoms. The van der Waals surface area contributed by atoms with Crippen LogP contribution < -0.4 is 11.1 Å². The molecule has 8 nitrogen and oxygen atoms in total. The summed E-state index contributed by atoms with van der Waals surface area (Å²) >= 11 is 0. The van der Waals surface area contributed by atoms with E-state index < -0.39 is 0 Å². The van der Waals surface area contributed by atoms with Gasteiger partial charge in [-0.1, -0.05) is 42.0 Å². The first-order chi connectivity index (χ1) is 17.4. The molecule has 0 spiro atoms. The fraction of sp³-hybridized carbons (Fsp3) is 0.214. The van der Waals surface area contributed by atoms with Crippen LogP contribution in [0, 0.1) is 6.92 Å². The van der Waals surface area contributed by atoms with Crippen LogP contribution in [-0.4, -0.2) is 50.6 Å². The first-order valence-corrected chi connectivity index (χ1v) is 11.9. The molecule has 1 aliphatic heterocycles. The van der Waals surface area contributed by atoms with Crippen molar-refractivity contribution in [3.8, 4) is 22.3 Å². The van der Waals surface area contributed by atoms with E-state index in [2.05, 4.69) is 40.5 Å². The van der Waals surface area contributed by atoms with Crippen LogP contribution in [-0.2, 0) is 7.05 Å². The predicted octanol–water partition coefficient (Wildman–Crippen LogP) is 3.68. The third-order valence-electron chi connectivity index (χ3n) is 6.50. The summed E-state index contributed by atoms with van der Waals surface area (Å²) in [5.41, 5.74) is 12.0. The molecule has 8 heteroatoms. The van der Waals surface area contributed by atoms with Gasteiger partial charge in [-0.3, -0.25) is 14.3 Å². The van der Waals surface area contributed by atoms with Crippen molar-refractivity contribution in [1.82, 2.24) is 25.0 Å². The van der Waals surface area contributed by atoms with Gasteiger partial charge in [0.1, 0.15) is 5.82 Å². The summed E-state index contributed by atoms with van der Waals surface area (Å²) in [4.78, 5) is 32.1. The summed E-state index contributed by atoms with van der Waals surface area (Å²) in [6.45, 7) is 3.08. The van der Waals surface area contributed by atoms with E-state index in [0.29, 0.717) is 30.6 Å². The number of hydrogen-bond donors (Lipinski definition) is 2. The summed E-state index contributed by atoms with van der Waals surface area (Å²) in [5, 5.41) is 7.18. The van der Waals surface area contributed by atoms with Crippen LogP contribution in [0.3, 0.4) is 0 Å². The van der Waals surface area contributed by atoms with Crippen LogP contribution in [0.4, 0.5) is 5.82 Å². The van der Waals surface area contributed by atoms with Crippen molar-refractivity contribution in [2.24, 2.45) is 7.05 Å². The summed E-state index contributed by atoms with van der Waals surface area (Å²) < 4.78 is 1.69. The van der Waals surface area contributed by atoms with Gasteiger partial charge < -0.3 is 16.0 Å². The van der Waals surface area contributed by atoms with Gasteiger partial charge in [0.05, 0.1) is 11.8 Å². The van der Waals surface area contributed by atoms with Crippen LogP contribution in [0.25, 0.3) is 22.3 Å². The Kier molecular flexibility index (Phi) is 6.25. The van der Waals surface area contributed by atoms with Crippen LogP contribution in [0.15, 0.2) is 73.2 Å². The monoisotopic (exact) mass is 480 g/mol. The number of carbonyl (C=O) groups is 2. The molecular formula is C28H28N6O2. The average Bonchev–Trinajstić information content (AvgIpc) is 3.53. The number of nitrogen functional groups attached to an aromatic ring is 1. The molecule has 0 radical (unpaired) electrons. The van der Waals surface area contributed by atoms with Gasteiger partial charge in [-0.05, 0) is 42.7 Å². The number of benzene rings is 2. The van der Waals surface area contributed by atoms with Gasteiger partial charge in [-0.15, -0.1) is 0 Å². The van der Waals surface area contributed by atoms with Gasteiger partial charge in [-0.25, -0.2) is 4.98 Å². The number of carbonyl (C=O) groups excluding carboxylic acids is 2. The number of anilines is 1. The molecular weight excluding hydrogens is 452 g/mol. The number of aryl methyl sites for hydroxylation is 2. The van der Waals surface area contributed by atoms with Crippen molar-refractivity contribution in [3.63, 3.8) is 0 Å². The maximum absolute atomic E-state index is 13.1. The summed E-state index contributed by atoms with van der Waals surface area (Å²) in [7, 11) is 1.83. The van der Waals surface area contributed by atoms with Crippen molar-refractivity contribution in [1.29, 1.82) is 0 Å². The highest BCUT2D eigenvalue weighted by Gasteiger charge is 2.29. The third kappa shape index (κ3) is 4.84. The lowest BCUT2D eigenvalue weighted by atomic mass is 10.0. The maximum atomic E-state index is 13.1. The quantitative estimate of drug-likeness (QED) is 0.453. The molecule has 0 aliphatic carbocycles. The smallest absolute Gasteiger partial charge is 0.255 e. The highest BCUT2D eigenvalue weighted by Crippen LogP contribution is 2.24. The van der Waals surface area contributed by atoms with Gasteiger partial charge in [0.25, 0.3) is 11.8 Å². The number of nitrogens with zero attached hydrogens (tertiary/aromatic N) is 4. The molecule has 3 heterocycles. The highest BCUT2D eigenvalue weighted by molar-refractivity contribution is 6.00. The number of pyridine rings is 1. The van der Waals surface area contributed by atoms with Gasteiger partial charge in [0.2, 0.25) is 0 Å². The molecule has 2 aromatic carbocycles. The molecule has 3 N–H and O–H groups in total. The predicted molar refractivity (Wildman–Crippen MR) is 139 cm³/mol. The molecule has 0 saturated carbocycles. The second-order valence-electron chi connectivity index (χ2n) is 9.22. The van der Waals surface area contributed by atoms with E-state index in [1.165, 1.54) is 5.56 Å². The second-order valence-corrected chi connectivity index (χ2v) is 9.22. The van der Waals surface area contributed by atoms with E-state index in [0.717, 1.165) is 22.3 Å². The zero-order chi connectivity index (χ0) is 25.2. The molecule has 1 atom stereocenters. The SMILES string of the molecule is Cc1cccc(-c2ccc(C(=O)N3CC[C@@H](NC(=O)c4cc(-c5cnn(C)c5)cnc4N)C3)cc2)c1. The lowest BCUT2D eigenvalue weighted by molar-refractivity contribution is 0.0783. The van der Waals surface area contributed by atoms with Crippen molar-refractivity contribution < 1.29 is 9.59 Å². The zero-order valence-corrected chi connectivity index (χ0v) is 20.3. The van der Waals surface area contributed by atoms with Gasteiger partial charge in [0, 0.05) is 55.3 Å². The van der Waals surface area contributed by atoms with Crippen molar-refractivity contribution in [3.05, 3.63) is 89.9 Å². The van der Waals surface area contributed by atoms with E-state index in [4.69, 9.17) is 5.73 Å². The van der Waals surface area contributed by atoms with Gasteiger partial charge in [0.15, 0.2) is 0 Å². The van der Waals surface area contributed by atoms with Crippen LogP contribution in [0.2, 0.25) is 0 Å². The lowest BCUT2D eigenvalue weighted by Crippen LogP contribution is -2.38. The fourth-order valence-corrected chi connectivity index (χ4v) is 4.52. The van der Waals surface area contributed by atoms with Crippen molar-refractivity contribution in [2.45, 2.75) is 19.4 Å². The molecule has 2 aromatic heterocycles. The Labute approximate surface area is 209 Å². The molecule has 1 aliphatic rings. The number of nitrogens with one attached hydrogen (secondary N) is 1. The van der Waals surface area contributed by atoms with E-state index in [9.17, 15) is 9.59 Å². The second kappa shape index (κ2) is 9.65.